The Hall–Kier alpha value is -0.450. The molecule has 0 aliphatic carbocycles. The molecule has 0 atom stereocenters. The molecule has 6 heteroatoms. The molecular weight excluding hydrogens is 271 g/mol. The van der Waals surface area contributed by atoms with Gasteiger partial charge in [0.25, 0.3) is 9.05 Å². The summed E-state index contributed by atoms with van der Waals surface area (Å²) in [6.07, 6.45) is 0. The number of hydrogen-bond acceptors (Lipinski definition) is 3. The van der Waals surface area contributed by atoms with Crippen molar-refractivity contribution in [2.75, 3.05) is 6.61 Å². The first-order valence-corrected chi connectivity index (χ1v) is 7.36. The first-order valence-electron chi connectivity index (χ1n) is 4.67. The number of ether oxygens (including phenoxy) is 1. The molecule has 1 rings (SSSR count). The average Bonchev–Trinajstić information content (AvgIpc) is 2.14. The van der Waals surface area contributed by atoms with Crippen molar-refractivity contribution in [3.8, 4) is 5.75 Å². The van der Waals surface area contributed by atoms with Crippen LogP contribution in [0.15, 0.2) is 23.1 Å². The number of rotatable bonds is 4. The molecule has 0 saturated heterocycles. The van der Waals surface area contributed by atoms with Crippen molar-refractivity contribution in [2.45, 2.75) is 18.7 Å². The zero-order valence-electron chi connectivity index (χ0n) is 8.91. The molecule has 1 aromatic carbocycles. The van der Waals surface area contributed by atoms with Crippen LogP contribution in [0.1, 0.15) is 13.8 Å². The highest BCUT2D eigenvalue weighted by molar-refractivity contribution is 8.13. The van der Waals surface area contributed by atoms with Crippen LogP contribution in [0.2, 0.25) is 5.02 Å². The van der Waals surface area contributed by atoms with Gasteiger partial charge in [0, 0.05) is 16.7 Å². The van der Waals surface area contributed by atoms with Gasteiger partial charge in [0.1, 0.15) is 5.75 Å². The van der Waals surface area contributed by atoms with E-state index in [4.69, 9.17) is 27.0 Å². The molecule has 90 valence electrons. The smallest absolute Gasteiger partial charge is 0.261 e. The molecule has 0 aliphatic heterocycles. The van der Waals surface area contributed by atoms with Gasteiger partial charge in [0.15, 0.2) is 0 Å². The minimum atomic E-state index is -3.75. The van der Waals surface area contributed by atoms with Crippen LogP contribution in [-0.2, 0) is 9.05 Å². The van der Waals surface area contributed by atoms with Crippen LogP contribution < -0.4 is 4.74 Å². The van der Waals surface area contributed by atoms with Crippen molar-refractivity contribution in [1.82, 2.24) is 0 Å². The van der Waals surface area contributed by atoms with Crippen LogP contribution in [0.3, 0.4) is 0 Å². The maximum Gasteiger partial charge on any atom is 0.261 e. The van der Waals surface area contributed by atoms with Crippen molar-refractivity contribution in [1.29, 1.82) is 0 Å². The average molecular weight is 283 g/mol. The fourth-order valence-corrected chi connectivity index (χ4v) is 1.94. The molecule has 0 fully saturated rings. The summed E-state index contributed by atoms with van der Waals surface area (Å²) >= 11 is 5.87. The second kappa shape index (κ2) is 5.25. The lowest BCUT2D eigenvalue weighted by Gasteiger charge is -2.10. The van der Waals surface area contributed by atoms with Gasteiger partial charge in [0.2, 0.25) is 0 Å². The van der Waals surface area contributed by atoms with Gasteiger partial charge in [-0.15, -0.1) is 0 Å². The topological polar surface area (TPSA) is 43.4 Å². The van der Waals surface area contributed by atoms with Crippen LogP contribution >= 0.6 is 22.3 Å². The second-order valence-electron chi connectivity index (χ2n) is 3.73. The fourth-order valence-electron chi connectivity index (χ4n) is 1.00. The van der Waals surface area contributed by atoms with Crippen molar-refractivity contribution in [2.24, 2.45) is 5.92 Å². The van der Waals surface area contributed by atoms with Gasteiger partial charge in [-0.3, -0.25) is 0 Å². The minimum Gasteiger partial charge on any atom is -0.492 e. The largest absolute Gasteiger partial charge is 0.492 e. The molecule has 0 aromatic heterocycles. The van der Waals surface area contributed by atoms with Gasteiger partial charge in [-0.2, -0.15) is 0 Å². The third kappa shape index (κ3) is 3.85. The van der Waals surface area contributed by atoms with E-state index in [0.717, 1.165) is 0 Å². The highest BCUT2D eigenvalue weighted by Crippen LogP contribution is 2.29. The molecule has 0 heterocycles. The molecule has 0 bridgehead atoms. The number of benzene rings is 1. The monoisotopic (exact) mass is 282 g/mol. The van der Waals surface area contributed by atoms with E-state index in [9.17, 15) is 8.42 Å². The summed E-state index contributed by atoms with van der Waals surface area (Å²) in [6.45, 7) is 4.43. The minimum absolute atomic E-state index is 0.0164. The lowest BCUT2D eigenvalue weighted by Crippen LogP contribution is -2.05. The lowest BCUT2D eigenvalue weighted by atomic mass is 10.2. The Kier molecular flexibility index (Phi) is 4.47. The molecule has 0 aliphatic rings. The fraction of sp³-hybridized carbons (Fsp3) is 0.400. The maximum atomic E-state index is 11.1. The molecule has 0 unspecified atom stereocenters. The molecule has 0 N–H and O–H groups in total. The molecule has 0 saturated carbocycles. The number of hydrogen-bond donors (Lipinski definition) is 0. The van der Waals surface area contributed by atoms with Crippen LogP contribution in [0.25, 0.3) is 0 Å². The molecule has 1 aromatic rings. The van der Waals surface area contributed by atoms with Gasteiger partial charge in [0.05, 0.1) is 16.5 Å². The van der Waals surface area contributed by atoms with E-state index in [-0.39, 0.29) is 4.90 Å². The Morgan fingerprint density at radius 1 is 1.38 bits per heavy atom. The Morgan fingerprint density at radius 2 is 2.00 bits per heavy atom. The van der Waals surface area contributed by atoms with Gasteiger partial charge in [-0.05, 0) is 18.1 Å². The van der Waals surface area contributed by atoms with E-state index in [1.807, 2.05) is 13.8 Å². The Bertz CT molecular complexity index is 469. The lowest BCUT2D eigenvalue weighted by molar-refractivity contribution is 0.270. The van der Waals surface area contributed by atoms with Crippen molar-refractivity contribution in [3.05, 3.63) is 23.2 Å². The van der Waals surface area contributed by atoms with E-state index in [0.29, 0.717) is 23.3 Å². The van der Waals surface area contributed by atoms with Crippen LogP contribution in [0.4, 0.5) is 0 Å². The van der Waals surface area contributed by atoms with E-state index < -0.39 is 9.05 Å². The third-order valence-corrected chi connectivity index (χ3v) is 3.42. The Balaban J connectivity index is 3.00. The highest BCUT2D eigenvalue weighted by Gasteiger charge is 2.13. The van der Waals surface area contributed by atoms with Gasteiger partial charge in [-0.1, -0.05) is 25.4 Å². The predicted molar refractivity (Wildman–Crippen MR) is 64.8 cm³/mol. The van der Waals surface area contributed by atoms with Gasteiger partial charge in [-0.25, -0.2) is 8.42 Å². The zero-order valence-corrected chi connectivity index (χ0v) is 11.2. The number of halogens is 2. The summed E-state index contributed by atoms with van der Waals surface area (Å²) < 4.78 is 27.6. The van der Waals surface area contributed by atoms with Crippen LogP contribution in [0, 0.1) is 5.92 Å². The van der Waals surface area contributed by atoms with E-state index in [1.165, 1.54) is 18.2 Å². The summed E-state index contributed by atoms with van der Waals surface area (Å²) in [5.41, 5.74) is 0. The van der Waals surface area contributed by atoms with Crippen LogP contribution in [0.5, 0.6) is 5.75 Å². The quantitative estimate of drug-likeness (QED) is 0.796. The molecular formula is C10H12Cl2O3S. The van der Waals surface area contributed by atoms with Gasteiger partial charge >= 0.3 is 0 Å². The maximum absolute atomic E-state index is 11.1. The standard InChI is InChI=1S/C10H12Cl2O3S/c1-7(2)6-15-10-5-8(16(12,13)14)3-4-9(10)11/h3-5,7H,6H2,1-2H3. The van der Waals surface area contributed by atoms with Crippen LogP contribution in [-0.4, -0.2) is 15.0 Å². The van der Waals surface area contributed by atoms with E-state index >= 15 is 0 Å². The molecule has 16 heavy (non-hydrogen) atoms. The van der Waals surface area contributed by atoms with Crippen molar-refractivity contribution < 1.29 is 13.2 Å². The summed E-state index contributed by atoms with van der Waals surface area (Å²) in [5, 5.41) is 0.365. The molecule has 0 radical (unpaired) electrons. The summed E-state index contributed by atoms with van der Waals surface area (Å²) in [6, 6.07) is 4.12. The third-order valence-electron chi connectivity index (χ3n) is 1.76. The predicted octanol–water partition coefficient (Wildman–Crippen LogP) is 3.30. The summed E-state index contributed by atoms with van der Waals surface area (Å²) in [7, 11) is 1.47. The highest BCUT2D eigenvalue weighted by atomic mass is 35.7. The van der Waals surface area contributed by atoms with E-state index in [2.05, 4.69) is 0 Å². The molecule has 3 nitrogen and oxygen atoms in total. The molecule has 0 amide bonds. The Labute approximate surface area is 105 Å². The Morgan fingerprint density at radius 3 is 2.50 bits per heavy atom. The summed E-state index contributed by atoms with van der Waals surface area (Å²) in [4.78, 5) is -0.0164. The zero-order chi connectivity index (χ0) is 12.3. The second-order valence-corrected chi connectivity index (χ2v) is 6.71. The SMILES string of the molecule is CC(C)COc1cc(S(=O)(=O)Cl)ccc1Cl. The first kappa shape index (κ1) is 13.6. The summed E-state index contributed by atoms with van der Waals surface area (Å²) in [5.74, 6) is 0.657. The van der Waals surface area contributed by atoms with Gasteiger partial charge < -0.3 is 4.74 Å². The first-order chi connectivity index (χ1) is 7.30. The van der Waals surface area contributed by atoms with E-state index in [1.54, 1.807) is 0 Å². The van der Waals surface area contributed by atoms with Crippen molar-refractivity contribution in [3.63, 3.8) is 0 Å². The van der Waals surface area contributed by atoms with Crippen molar-refractivity contribution >= 4 is 31.3 Å². The normalized spacial score (nSPS) is 11.8. The molecule has 0 spiro atoms.